The zero-order valence-corrected chi connectivity index (χ0v) is 8.11. The summed E-state index contributed by atoms with van der Waals surface area (Å²) < 4.78 is 33.3. The minimum absolute atomic E-state index is 0.436. The lowest BCUT2D eigenvalue weighted by molar-refractivity contribution is 0.469. The van der Waals surface area contributed by atoms with Gasteiger partial charge in [-0.05, 0) is 19.3 Å². The topological polar surface area (TPSA) is 34.1 Å². The molecule has 0 bridgehead atoms. The number of hydrogen-bond donors (Lipinski definition) is 0. The van der Waals surface area contributed by atoms with E-state index >= 15 is 0 Å². The van der Waals surface area contributed by atoms with E-state index in [4.69, 9.17) is 0 Å². The summed E-state index contributed by atoms with van der Waals surface area (Å²) >= 11 is 0. The highest BCUT2D eigenvalue weighted by molar-refractivity contribution is 7.86. The van der Waals surface area contributed by atoms with Gasteiger partial charge in [0.15, 0.2) is 0 Å². The molecule has 0 aromatic heterocycles. The van der Waals surface area contributed by atoms with Gasteiger partial charge in [-0.3, -0.25) is 0 Å². The van der Waals surface area contributed by atoms with Crippen molar-refractivity contribution in [1.82, 2.24) is 0 Å². The van der Waals surface area contributed by atoms with Crippen molar-refractivity contribution in [1.29, 1.82) is 0 Å². The van der Waals surface area contributed by atoms with E-state index in [2.05, 4.69) is 0 Å². The maximum absolute atomic E-state index is 12.4. The minimum atomic E-state index is -4.29. The Morgan fingerprint density at radius 3 is 2.33 bits per heavy atom. The van der Waals surface area contributed by atoms with E-state index in [9.17, 15) is 12.3 Å². The summed E-state index contributed by atoms with van der Waals surface area (Å²) in [6.07, 6.45) is 4.98. The molecule has 0 amide bonds. The maximum atomic E-state index is 12.4. The van der Waals surface area contributed by atoms with E-state index in [0.717, 1.165) is 12.8 Å². The van der Waals surface area contributed by atoms with Gasteiger partial charge in [-0.25, -0.2) is 0 Å². The molecule has 0 spiro atoms. The zero-order valence-electron chi connectivity index (χ0n) is 7.29. The van der Waals surface area contributed by atoms with E-state index in [1.165, 1.54) is 19.8 Å². The molecule has 0 radical (unpaired) electrons. The Morgan fingerprint density at radius 1 is 1.42 bits per heavy atom. The maximum Gasteiger partial charge on any atom is 0.305 e. The second-order valence-corrected chi connectivity index (χ2v) is 5.43. The molecule has 0 aromatic rings. The zero-order chi connectivity index (χ0) is 9.19. The summed E-state index contributed by atoms with van der Waals surface area (Å²) in [6.45, 7) is 1.45. The first-order valence-corrected chi connectivity index (χ1v) is 5.88. The van der Waals surface area contributed by atoms with Crippen LogP contribution in [0.1, 0.15) is 39.0 Å². The van der Waals surface area contributed by atoms with Crippen LogP contribution in [0, 0.1) is 5.92 Å². The Labute approximate surface area is 73.4 Å². The van der Waals surface area contributed by atoms with Gasteiger partial charge in [-0.1, -0.05) is 25.7 Å². The SMILES string of the molecule is CC(CC1CCCC1)S(=O)(=O)F. The smallest absolute Gasteiger partial charge is 0.195 e. The van der Waals surface area contributed by atoms with Crippen LogP contribution in [-0.4, -0.2) is 13.7 Å². The van der Waals surface area contributed by atoms with Crippen molar-refractivity contribution >= 4 is 10.2 Å². The molecule has 72 valence electrons. The molecule has 1 aliphatic carbocycles. The average Bonchev–Trinajstić information content (AvgIpc) is 2.37. The molecule has 0 saturated heterocycles. The van der Waals surface area contributed by atoms with Gasteiger partial charge in [-0.15, -0.1) is 3.89 Å². The molecule has 1 unspecified atom stereocenters. The van der Waals surface area contributed by atoms with Crippen LogP contribution >= 0.6 is 0 Å². The van der Waals surface area contributed by atoms with Gasteiger partial charge in [0.25, 0.3) is 0 Å². The number of halogens is 1. The van der Waals surface area contributed by atoms with Crippen LogP contribution in [0.2, 0.25) is 0 Å². The first-order valence-electron chi connectivity index (χ1n) is 4.43. The third-order valence-electron chi connectivity index (χ3n) is 2.62. The summed E-state index contributed by atoms with van der Waals surface area (Å²) in [7, 11) is -4.29. The van der Waals surface area contributed by atoms with Crippen LogP contribution < -0.4 is 0 Å². The summed E-state index contributed by atoms with van der Waals surface area (Å²) in [5.41, 5.74) is 0. The van der Waals surface area contributed by atoms with Gasteiger partial charge in [-0.2, -0.15) is 8.42 Å². The van der Waals surface area contributed by atoms with Crippen molar-refractivity contribution in [3.63, 3.8) is 0 Å². The van der Waals surface area contributed by atoms with Gasteiger partial charge < -0.3 is 0 Å². The molecule has 1 atom stereocenters. The molecule has 2 nitrogen and oxygen atoms in total. The van der Waals surface area contributed by atoms with E-state index in [0.29, 0.717) is 12.3 Å². The minimum Gasteiger partial charge on any atom is -0.195 e. The summed E-state index contributed by atoms with van der Waals surface area (Å²) in [6, 6.07) is 0. The van der Waals surface area contributed by atoms with Gasteiger partial charge in [0.05, 0.1) is 5.25 Å². The normalized spacial score (nSPS) is 22.8. The molecule has 1 aliphatic rings. The molecule has 0 heterocycles. The lowest BCUT2D eigenvalue weighted by atomic mass is 10.0. The van der Waals surface area contributed by atoms with Gasteiger partial charge in [0.2, 0.25) is 0 Å². The highest BCUT2D eigenvalue weighted by Gasteiger charge is 2.25. The molecule has 1 fully saturated rings. The number of rotatable bonds is 3. The largest absolute Gasteiger partial charge is 0.305 e. The lowest BCUT2D eigenvalue weighted by Gasteiger charge is -2.11. The summed E-state index contributed by atoms with van der Waals surface area (Å²) in [5.74, 6) is 0.436. The second kappa shape index (κ2) is 3.73. The Hall–Kier alpha value is -0.120. The van der Waals surface area contributed by atoms with Crippen LogP contribution in [-0.2, 0) is 10.2 Å². The van der Waals surface area contributed by atoms with Crippen LogP contribution in [0.4, 0.5) is 3.89 Å². The van der Waals surface area contributed by atoms with Crippen molar-refractivity contribution < 1.29 is 12.3 Å². The molecule has 0 aromatic carbocycles. The lowest BCUT2D eigenvalue weighted by Crippen LogP contribution is -2.16. The van der Waals surface area contributed by atoms with Crippen LogP contribution in [0.15, 0.2) is 0 Å². The van der Waals surface area contributed by atoms with Crippen molar-refractivity contribution in [3.05, 3.63) is 0 Å². The fourth-order valence-electron chi connectivity index (χ4n) is 1.83. The molecule has 0 aliphatic heterocycles. The Kier molecular flexibility index (Phi) is 3.09. The van der Waals surface area contributed by atoms with E-state index < -0.39 is 15.5 Å². The molecule has 1 saturated carbocycles. The second-order valence-electron chi connectivity index (χ2n) is 3.67. The van der Waals surface area contributed by atoms with Gasteiger partial charge in [0, 0.05) is 0 Å². The predicted molar refractivity (Wildman–Crippen MR) is 46.1 cm³/mol. The van der Waals surface area contributed by atoms with E-state index in [1.54, 1.807) is 0 Å². The first kappa shape index (κ1) is 9.96. The third kappa shape index (κ3) is 2.73. The fraction of sp³-hybridized carbons (Fsp3) is 1.00. The summed E-state index contributed by atoms with van der Waals surface area (Å²) in [5, 5.41) is -0.805. The standard InChI is InChI=1S/C8H15FO2S/c1-7(12(9,10)11)6-8-4-2-3-5-8/h7-8H,2-6H2,1H3. The van der Waals surface area contributed by atoms with Crippen LogP contribution in [0.5, 0.6) is 0 Å². The quantitative estimate of drug-likeness (QED) is 0.646. The first-order chi connectivity index (χ1) is 5.50. The summed E-state index contributed by atoms with van der Waals surface area (Å²) in [4.78, 5) is 0. The van der Waals surface area contributed by atoms with Crippen molar-refractivity contribution in [2.75, 3.05) is 0 Å². The molecular weight excluding hydrogens is 179 g/mol. The predicted octanol–water partition coefficient (Wildman–Crippen LogP) is 2.25. The Balaban J connectivity index is 2.40. The molecule has 4 heteroatoms. The highest BCUT2D eigenvalue weighted by atomic mass is 32.3. The highest BCUT2D eigenvalue weighted by Crippen LogP contribution is 2.30. The van der Waals surface area contributed by atoms with Crippen molar-refractivity contribution in [2.45, 2.75) is 44.3 Å². The molecule has 12 heavy (non-hydrogen) atoms. The van der Waals surface area contributed by atoms with Crippen LogP contribution in [0.3, 0.4) is 0 Å². The number of hydrogen-bond acceptors (Lipinski definition) is 2. The van der Waals surface area contributed by atoms with Crippen molar-refractivity contribution in [2.24, 2.45) is 5.92 Å². The fourth-order valence-corrected chi connectivity index (χ4v) is 2.33. The van der Waals surface area contributed by atoms with E-state index in [-0.39, 0.29) is 0 Å². The molecular formula is C8H15FO2S. The average molecular weight is 194 g/mol. The Bertz CT molecular complexity index is 229. The monoisotopic (exact) mass is 194 g/mol. The van der Waals surface area contributed by atoms with Crippen molar-refractivity contribution in [3.8, 4) is 0 Å². The van der Waals surface area contributed by atoms with Gasteiger partial charge >= 0.3 is 10.2 Å². The van der Waals surface area contributed by atoms with Crippen LogP contribution in [0.25, 0.3) is 0 Å². The Morgan fingerprint density at radius 2 is 1.92 bits per heavy atom. The van der Waals surface area contributed by atoms with E-state index in [1.807, 2.05) is 0 Å². The third-order valence-corrected chi connectivity index (χ3v) is 3.77. The molecule has 1 rings (SSSR count). The van der Waals surface area contributed by atoms with Gasteiger partial charge in [0.1, 0.15) is 0 Å². The molecule has 0 N–H and O–H groups in total.